The number of ether oxygens (including phenoxy) is 4. The molecular weight excluding hydrogens is 1650 g/mol. The molecular formula is C34H37I8N5O10. The Morgan fingerprint density at radius 2 is 0.982 bits per heavy atom. The van der Waals surface area contributed by atoms with Gasteiger partial charge in [-0.25, -0.2) is 14.6 Å². The molecule has 57 heavy (non-hydrogen) atoms. The van der Waals surface area contributed by atoms with Gasteiger partial charge in [0, 0.05) is 17.9 Å². The Labute approximate surface area is 442 Å². The standard InChI is InChI=1S/C26H26I6N2O10.C8H10IN3.HI/c27-13-11-15(29)23(21(31)19(13)25(37)38)33-17(35)1-3-41-5-7-43-9-10-44-8-6-42-4-2-18(36)34-24-16(30)12-14(28)20(22(24)32)26(39)40;9-7-3-1-2-6(4-7)5-12-8(10)11;/h11-12H,1-10H2,(H,33,35)(H,34,36)(H,37,38)(H,39,40);1-4H,5H2,(H4,10,11,12);1H. The highest BCUT2D eigenvalue weighted by atomic mass is 127. The van der Waals surface area contributed by atoms with Gasteiger partial charge in [-0.05, 0) is 188 Å². The predicted octanol–water partition coefficient (Wildman–Crippen LogP) is 7.82. The zero-order valence-electron chi connectivity index (χ0n) is 29.6. The summed E-state index contributed by atoms with van der Waals surface area (Å²) in [5.74, 6) is -2.52. The summed E-state index contributed by atoms with van der Waals surface area (Å²) in [4.78, 5) is 51.6. The number of carbonyl (C=O) groups is 4. The van der Waals surface area contributed by atoms with Crippen molar-refractivity contribution in [3.63, 3.8) is 0 Å². The van der Waals surface area contributed by atoms with Gasteiger partial charge in [0.15, 0.2) is 5.96 Å². The van der Waals surface area contributed by atoms with Gasteiger partial charge in [-0.3, -0.25) is 9.59 Å². The van der Waals surface area contributed by atoms with Crippen LogP contribution in [0.3, 0.4) is 0 Å². The van der Waals surface area contributed by atoms with E-state index in [-0.39, 0.29) is 78.9 Å². The van der Waals surface area contributed by atoms with Crippen LogP contribution in [-0.2, 0) is 35.1 Å². The molecule has 0 aliphatic heterocycles. The van der Waals surface area contributed by atoms with E-state index in [0.29, 0.717) is 71.8 Å². The van der Waals surface area contributed by atoms with Crippen LogP contribution in [0.1, 0.15) is 39.1 Å². The van der Waals surface area contributed by atoms with Crippen molar-refractivity contribution >= 4 is 223 Å². The molecule has 0 heterocycles. The fourth-order valence-corrected chi connectivity index (χ4v) is 12.9. The third-order valence-electron chi connectivity index (χ3n) is 6.69. The van der Waals surface area contributed by atoms with Gasteiger partial charge in [0.1, 0.15) is 0 Å². The minimum absolute atomic E-state index is 0. The number of guanidine groups is 1. The lowest BCUT2D eigenvalue weighted by Crippen LogP contribution is -2.22. The van der Waals surface area contributed by atoms with E-state index in [4.69, 9.17) is 30.4 Å². The molecule has 3 rings (SSSR count). The predicted molar refractivity (Wildman–Crippen MR) is 287 cm³/mol. The van der Waals surface area contributed by atoms with Crippen molar-refractivity contribution in [3.05, 3.63) is 78.1 Å². The first-order valence-electron chi connectivity index (χ1n) is 16.0. The molecule has 0 aromatic heterocycles. The van der Waals surface area contributed by atoms with Crippen molar-refractivity contribution in [2.24, 2.45) is 16.5 Å². The van der Waals surface area contributed by atoms with Crippen LogP contribution < -0.4 is 22.1 Å². The number of aromatic carboxylic acids is 2. The first-order chi connectivity index (χ1) is 26.5. The molecule has 0 saturated carbocycles. The molecule has 0 unspecified atom stereocenters. The SMILES string of the molecule is I.NC(N)=NCc1cccc(I)c1.O=C(CCOCCOCCOCCOCCC(=O)Nc1c(I)cc(I)c(C(=O)O)c1I)Nc1c(I)cc(I)c(C(=O)O)c1I. The Morgan fingerprint density at radius 1 is 0.596 bits per heavy atom. The van der Waals surface area contributed by atoms with E-state index in [2.05, 4.69) is 83.4 Å². The maximum absolute atomic E-state index is 12.3. The first-order valence-corrected chi connectivity index (χ1v) is 23.6. The van der Waals surface area contributed by atoms with Gasteiger partial charge in [0.2, 0.25) is 11.8 Å². The zero-order valence-corrected chi connectivity index (χ0v) is 47.0. The van der Waals surface area contributed by atoms with Crippen LogP contribution in [0.2, 0.25) is 0 Å². The normalized spacial score (nSPS) is 10.4. The van der Waals surface area contributed by atoms with Crippen LogP contribution in [0, 0.1) is 25.0 Å². The molecule has 0 bridgehead atoms. The number of amides is 2. The number of nitrogens with one attached hydrogen (secondary N) is 2. The third kappa shape index (κ3) is 21.4. The Balaban J connectivity index is 0.00000106. The van der Waals surface area contributed by atoms with Gasteiger partial charge in [-0.2, -0.15) is 0 Å². The molecule has 0 fully saturated rings. The van der Waals surface area contributed by atoms with Gasteiger partial charge in [0.05, 0.1) is 102 Å². The molecule has 0 aliphatic rings. The quantitative estimate of drug-likeness (QED) is 0.0259. The van der Waals surface area contributed by atoms with Crippen molar-refractivity contribution in [2.75, 3.05) is 63.5 Å². The molecule has 3 aromatic carbocycles. The lowest BCUT2D eigenvalue weighted by atomic mass is 10.2. The number of hydrogen-bond acceptors (Lipinski definition) is 9. The van der Waals surface area contributed by atoms with Crippen LogP contribution >= 0.6 is 182 Å². The topological polar surface area (TPSA) is 234 Å². The number of hydrogen-bond donors (Lipinski definition) is 6. The van der Waals surface area contributed by atoms with E-state index in [9.17, 15) is 29.4 Å². The van der Waals surface area contributed by atoms with Crippen molar-refractivity contribution < 1.29 is 48.3 Å². The minimum Gasteiger partial charge on any atom is -0.478 e. The van der Waals surface area contributed by atoms with Crippen LogP contribution in [0.25, 0.3) is 0 Å². The average Bonchev–Trinajstić information content (AvgIpc) is 3.11. The summed E-state index contributed by atoms with van der Waals surface area (Å²) in [5, 5.41) is 24.4. The van der Waals surface area contributed by atoms with E-state index in [1.807, 2.05) is 115 Å². The second-order valence-corrected chi connectivity index (χ2v) is 18.9. The lowest BCUT2D eigenvalue weighted by Gasteiger charge is -2.13. The van der Waals surface area contributed by atoms with E-state index < -0.39 is 11.9 Å². The largest absolute Gasteiger partial charge is 0.478 e. The highest BCUT2D eigenvalue weighted by Gasteiger charge is 2.22. The number of nitrogens with two attached hydrogens (primary N) is 2. The molecule has 0 radical (unpaired) electrons. The molecule has 0 aliphatic carbocycles. The van der Waals surface area contributed by atoms with Gasteiger partial charge in [0.25, 0.3) is 0 Å². The Morgan fingerprint density at radius 3 is 1.33 bits per heavy atom. The van der Waals surface area contributed by atoms with Gasteiger partial charge in [-0.1, -0.05) is 12.1 Å². The molecule has 15 nitrogen and oxygen atoms in total. The molecule has 0 spiro atoms. The fourth-order valence-electron chi connectivity index (χ4n) is 4.12. The number of benzene rings is 3. The van der Waals surface area contributed by atoms with E-state index >= 15 is 0 Å². The van der Waals surface area contributed by atoms with E-state index in [1.165, 1.54) is 3.57 Å². The number of carboxylic acids is 2. The van der Waals surface area contributed by atoms with Crippen LogP contribution in [0.4, 0.5) is 11.4 Å². The number of halogens is 8. The number of carbonyl (C=O) groups excluding carboxylic acids is 2. The molecule has 3 aromatic rings. The summed E-state index contributed by atoms with van der Waals surface area (Å²) in [6.07, 6.45) is 0.225. The van der Waals surface area contributed by atoms with Crippen LogP contribution in [0.15, 0.2) is 41.4 Å². The van der Waals surface area contributed by atoms with E-state index in [0.717, 1.165) is 12.7 Å². The summed E-state index contributed by atoms with van der Waals surface area (Å²) in [6, 6.07) is 11.5. The second kappa shape index (κ2) is 30.5. The number of rotatable bonds is 21. The summed E-state index contributed by atoms with van der Waals surface area (Å²) in [7, 11) is 0. The van der Waals surface area contributed by atoms with Crippen molar-refractivity contribution in [1.82, 2.24) is 0 Å². The zero-order chi connectivity index (χ0) is 41.8. The number of nitrogens with zero attached hydrogens (tertiary/aromatic N) is 1. The first kappa shape index (κ1) is 55.5. The number of carboxylic acid groups (broad SMARTS) is 2. The summed E-state index contributed by atoms with van der Waals surface area (Å²) in [6.45, 7) is 2.92. The van der Waals surface area contributed by atoms with E-state index in [1.54, 1.807) is 12.1 Å². The lowest BCUT2D eigenvalue weighted by molar-refractivity contribution is -0.118. The molecule has 8 N–H and O–H groups in total. The van der Waals surface area contributed by atoms with Crippen molar-refractivity contribution in [3.8, 4) is 0 Å². The smallest absolute Gasteiger partial charge is 0.337 e. The minimum atomic E-state index is -1.05. The Kier molecular flexibility index (Phi) is 29.7. The summed E-state index contributed by atoms with van der Waals surface area (Å²) >= 11 is 14.2. The maximum atomic E-state index is 12.3. The number of aliphatic imine (C=N–C) groups is 1. The Bertz CT molecular complexity index is 1770. The molecule has 0 atom stereocenters. The van der Waals surface area contributed by atoms with Crippen LogP contribution in [-0.4, -0.2) is 92.8 Å². The monoisotopic (exact) mass is 1690 g/mol. The summed E-state index contributed by atoms with van der Waals surface area (Å²) in [5.41, 5.74) is 12.8. The Hall–Kier alpha value is 0.490. The van der Waals surface area contributed by atoms with Gasteiger partial charge < -0.3 is 51.3 Å². The summed E-state index contributed by atoms with van der Waals surface area (Å²) < 4.78 is 26.6. The fraction of sp³-hybridized carbons (Fsp3) is 0.324. The third-order valence-corrected chi connectivity index (χ3v) is 12.9. The molecule has 2 amide bonds. The van der Waals surface area contributed by atoms with Crippen molar-refractivity contribution in [1.29, 1.82) is 0 Å². The van der Waals surface area contributed by atoms with Gasteiger partial charge >= 0.3 is 11.9 Å². The molecule has 0 saturated heterocycles. The molecule has 23 heteroatoms. The highest BCUT2D eigenvalue weighted by molar-refractivity contribution is 14.1. The van der Waals surface area contributed by atoms with Crippen molar-refractivity contribution in [2.45, 2.75) is 19.4 Å². The molecule has 314 valence electrons. The van der Waals surface area contributed by atoms with Crippen LogP contribution in [0.5, 0.6) is 0 Å². The second-order valence-electron chi connectivity index (χ2n) is 10.8. The average molecular weight is 1690 g/mol. The highest BCUT2D eigenvalue weighted by Crippen LogP contribution is 2.33. The maximum Gasteiger partial charge on any atom is 0.337 e. The van der Waals surface area contributed by atoms with Gasteiger partial charge in [-0.15, -0.1) is 24.0 Å². The number of anilines is 2.